The van der Waals surface area contributed by atoms with Gasteiger partial charge in [0.1, 0.15) is 0 Å². The first-order valence-corrected chi connectivity index (χ1v) is 6.70. The molecule has 0 radical (unpaired) electrons. The van der Waals surface area contributed by atoms with Crippen molar-refractivity contribution in [3.63, 3.8) is 0 Å². The summed E-state index contributed by atoms with van der Waals surface area (Å²) in [7, 11) is 2.04. The second kappa shape index (κ2) is 4.10. The quantitative estimate of drug-likeness (QED) is 0.831. The van der Waals surface area contributed by atoms with Crippen molar-refractivity contribution in [2.75, 3.05) is 13.6 Å². The summed E-state index contributed by atoms with van der Waals surface area (Å²) in [5.41, 5.74) is 1.19. The van der Waals surface area contributed by atoms with Crippen LogP contribution < -0.4 is 0 Å². The van der Waals surface area contributed by atoms with E-state index in [0.29, 0.717) is 11.9 Å². The number of nitrogens with zero attached hydrogens (tertiary/aromatic N) is 2. The van der Waals surface area contributed by atoms with Crippen LogP contribution in [0, 0.1) is 0 Å². The molecule has 1 aromatic rings. The number of likely N-dealkylation sites (tertiary alicyclic amines) is 2. The van der Waals surface area contributed by atoms with Crippen LogP contribution in [0.3, 0.4) is 0 Å². The van der Waals surface area contributed by atoms with Crippen molar-refractivity contribution in [3.8, 4) is 0 Å². The second-order valence-corrected chi connectivity index (χ2v) is 5.76. The van der Waals surface area contributed by atoms with Crippen molar-refractivity contribution in [3.05, 3.63) is 34.3 Å². The molecule has 2 atom stereocenters. The normalized spacial score (nSPS) is 28.1. The molecule has 4 heteroatoms. The fourth-order valence-electron chi connectivity index (χ4n) is 2.88. The molecule has 0 aromatic heterocycles. The second-order valence-electron chi connectivity index (χ2n) is 4.90. The average molecular weight is 295 g/mol. The van der Waals surface area contributed by atoms with E-state index in [2.05, 4.69) is 26.9 Å². The van der Waals surface area contributed by atoms with Gasteiger partial charge in [-0.25, -0.2) is 0 Å². The number of rotatable bonds is 2. The monoisotopic (exact) mass is 294 g/mol. The molecule has 0 aliphatic carbocycles. The van der Waals surface area contributed by atoms with Gasteiger partial charge in [-0.1, -0.05) is 34.1 Å². The number of carbonyl (C=O) groups excluding carboxylic acids is 1. The molecule has 3 rings (SSSR count). The molecule has 2 aliphatic rings. The van der Waals surface area contributed by atoms with Crippen LogP contribution in [-0.4, -0.2) is 41.4 Å². The van der Waals surface area contributed by atoms with Gasteiger partial charge in [-0.15, -0.1) is 0 Å². The van der Waals surface area contributed by atoms with Gasteiger partial charge in [-0.3, -0.25) is 9.69 Å². The highest BCUT2D eigenvalue weighted by Crippen LogP contribution is 2.32. The molecule has 2 bridgehead atoms. The lowest BCUT2D eigenvalue weighted by Crippen LogP contribution is -2.48. The Morgan fingerprint density at radius 1 is 1.41 bits per heavy atom. The summed E-state index contributed by atoms with van der Waals surface area (Å²) in [6, 6.07) is 8.66. The number of halogens is 1. The summed E-state index contributed by atoms with van der Waals surface area (Å²) in [6.45, 7) is 1.75. The molecule has 2 heterocycles. The maximum Gasteiger partial charge on any atom is 0.240 e. The number of piperazine rings is 1. The number of hydrogen-bond donors (Lipinski definition) is 0. The summed E-state index contributed by atoms with van der Waals surface area (Å²) in [5, 5.41) is 0. The van der Waals surface area contributed by atoms with Crippen LogP contribution in [-0.2, 0) is 11.3 Å². The summed E-state index contributed by atoms with van der Waals surface area (Å²) in [4.78, 5) is 16.4. The maximum absolute atomic E-state index is 12.2. The van der Waals surface area contributed by atoms with Gasteiger partial charge in [0.05, 0.1) is 6.04 Å². The predicted octanol–water partition coefficient (Wildman–Crippen LogP) is 1.86. The van der Waals surface area contributed by atoms with E-state index in [1.165, 1.54) is 5.56 Å². The van der Waals surface area contributed by atoms with Gasteiger partial charge in [0.15, 0.2) is 0 Å². The highest BCUT2D eigenvalue weighted by Gasteiger charge is 2.47. The van der Waals surface area contributed by atoms with Gasteiger partial charge in [0.2, 0.25) is 5.91 Å². The number of fused-ring (bicyclic) bond motifs is 2. The average Bonchev–Trinajstić information content (AvgIpc) is 2.81. The molecule has 2 fully saturated rings. The number of amides is 1. The number of benzene rings is 1. The Labute approximate surface area is 110 Å². The van der Waals surface area contributed by atoms with Crippen LogP contribution in [0.15, 0.2) is 28.7 Å². The minimum Gasteiger partial charge on any atom is -0.333 e. The van der Waals surface area contributed by atoms with Crippen molar-refractivity contribution in [1.29, 1.82) is 0 Å². The molecular formula is C13H15BrN2O. The first kappa shape index (κ1) is 11.2. The van der Waals surface area contributed by atoms with Gasteiger partial charge in [-0.05, 0) is 25.1 Å². The standard InChI is InChI=1S/C13H15BrN2O/c1-15-8-10-6-12(15)13(17)16(10)7-9-4-2-3-5-11(9)14/h2-5,10,12H,6-8H2,1H3. The largest absolute Gasteiger partial charge is 0.333 e. The van der Waals surface area contributed by atoms with E-state index >= 15 is 0 Å². The summed E-state index contributed by atoms with van der Waals surface area (Å²) >= 11 is 3.54. The molecule has 1 amide bonds. The smallest absolute Gasteiger partial charge is 0.240 e. The highest BCUT2D eigenvalue weighted by atomic mass is 79.9. The molecule has 3 nitrogen and oxygen atoms in total. The lowest BCUT2D eigenvalue weighted by Gasteiger charge is -2.32. The molecule has 17 heavy (non-hydrogen) atoms. The first-order valence-electron chi connectivity index (χ1n) is 5.91. The Bertz CT molecular complexity index is 462. The molecule has 2 unspecified atom stereocenters. The van der Waals surface area contributed by atoms with Gasteiger partial charge < -0.3 is 4.90 Å². The van der Waals surface area contributed by atoms with Crippen LogP contribution >= 0.6 is 15.9 Å². The van der Waals surface area contributed by atoms with E-state index in [9.17, 15) is 4.79 Å². The van der Waals surface area contributed by atoms with E-state index in [-0.39, 0.29) is 6.04 Å². The van der Waals surface area contributed by atoms with Gasteiger partial charge in [-0.2, -0.15) is 0 Å². The lowest BCUT2D eigenvalue weighted by molar-refractivity contribution is -0.136. The maximum atomic E-state index is 12.2. The minimum absolute atomic E-state index is 0.127. The molecule has 1 aromatic carbocycles. The minimum atomic E-state index is 0.127. The van der Waals surface area contributed by atoms with E-state index < -0.39 is 0 Å². The van der Waals surface area contributed by atoms with Crippen molar-refractivity contribution >= 4 is 21.8 Å². The third kappa shape index (κ3) is 1.79. The van der Waals surface area contributed by atoms with Crippen LogP contribution in [0.2, 0.25) is 0 Å². The molecule has 2 saturated heterocycles. The van der Waals surface area contributed by atoms with E-state index in [0.717, 1.165) is 24.0 Å². The predicted molar refractivity (Wildman–Crippen MR) is 69.5 cm³/mol. The van der Waals surface area contributed by atoms with Crippen LogP contribution in [0.4, 0.5) is 0 Å². The molecule has 0 spiro atoms. The summed E-state index contributed by atoms with van der Waals surface area (Å²) in [5.74, 6) is 0.291. The fourth-order valence-corrected chi connectivity index (χ4v) is 3.29. The van der Waals surface area contributed by atoms with Crippen molar-refractivity contribution in [1.82, 2.24) is 9.80 Å². The highest BCUT2D eigenvalue weighted by molar-refractivity contribution is 9.10. The molecular weight excluding hydrogens is 280 g/mol. The Morgan fingerprint density at radius 2 is 2.18 bits per heavy atom. The van der Waals surface area contributed by atoms with Crippen molar-refractivity contribution < 1.29 is 4.79 Å². The Hall–Kier alpha value is -0.870. The first-order chi connectivity index (χ1) is 8.16. The number of hydrogen-bond acceptors (Lipinski definition) is 2. The van der Waals surface area contributed by atoms with E-state index in [1.807, 2.05) is 30.1 Å². The SMILES string of the molecule is CN1CC2CC1C(=O)N2Cc1ccccc1Br. The topological polar surface area (TPSA) is 23.6 Å². The molecule has 90 valence electrons. The van der Waals surface area contributed by atoms with Crippen LogP contribution in [0.25, 0.3) is 0 Å². The zero-order valence-corrected chi connectivity index (χ0v) is 11.4. The van der Waals surface area contributed by atoms with E-state index in [1.54, 1.807) is 0 Å². The van der Waals surface area contributed by atoms with Gasteiger partial charge in [0, 0.05) is 23.6 Å². The fraction of sp³-hybridized carbons (Fsp3) is 0.462. The van der Waals surface area contributed by atoms with Gasteiger partial charge in [0.25, 0.3) is 0 Å². The number of likely N-dealkylation sites (N-methyl/N-ethyl adjacent to an activating group) is 1. The third-order valence-electron chi connectivity index (χ3n) is 3.83. The van der Waals surface area contributed by atoms with Crippen LogP contribution in [0.1, 0.15) is 12.0 Å². The van der Waals surface area contributed by atoms with E-state index in [4.69, 9.17) is 0 Å². The Morgan fingerprint density at radius 3 is 2.82 bits per heavy atom. The van der Waals surface area contributed by atoms with Crippen molar-refractivity contribution in [2.24, 2.45) is 0 Å². The summed E-state index contributed by atoms with van der Waals surface area (Å²) < 4.78 is 1.09. The molecule has 0 N–H and O–H groups in total. The lowest BCUT2D eigenvalue weighted by atomic mass is 10.2. The molecule has 0 saturated carbocycles. The van der Waals surface area contributed by atoms with Crippen molar-refractivity contribution in [2.45, 2.75) is 25.0 Å². The zero-order valence-electron chi connectivity index (χ0n) is 9.77. The Balaban J connectivity index is 1.80. The summed E-state index contributed by atoms with van der Waals surface area (Å²) in [6.07, 6.45) is 1.000. The zero-order chi connectivity index (χ0) is 12.0. The number of carbonyl (C=O) groups is 1. The van der Waals surface area contributed by atoms with Gasteiger partial charge >= 0.3 is 0 Å². The molecule has 2 aliphatic heterocycles. The third-order valence-corrected chi connectivity index (χ3v) is 4.61. The van der Waals surface area contributed by atoms with Crippen LogP contribution in [0.5, 0.6) is 0 Å². The Kier molecular flexibility index (Phi) is 2.71.